The molecule has 3 aromatic rings. The molecule has 0 aromatic carbocycles. The van der Waals surface area contributed by atoms with Crippen LogP contribution in [-0.4, -0.2) is 41.2 Å². The smallest absolute Gasteiger partial charge is 0.249 e. The van der Waals surface area contributed by atoms with Crippen LogP contribution >= 0.6 is 0 Å². The van der Waals surface area contributed by atoms with Gasteiger partial charge in [-0.25, -0.2) is 4.68 Å². The summed E-state index contributed by atoms with van der Waals surface area (Å²) in [5.41, 5.74) is 0.611. The minimum atomic E-state index is -0.405. The Labute approximate surface area is 137 Å². The number of aryl methyl sites for hydroxylation is 2. The first-order chi connectivity index (χ1) is 11.6. The fourth-order valence-corrected chi connectivity index (χ4v) is 2.05. The maximum Gasteiger partial charge on any atom is 0.249 e. The lowest BCUT2D eigenvalue weighted by Crippen LogP contribution is -2.28. The summed E-state index contributed by atoms with van der Waals surface area (Å²) in [5, 5.41) is 17.8. The van der Waals surface area contributed by atoms with Crippen molar-refractivity contribution in [3.8, 4) is 11.5 Å². The normalized spacial score (nSPS) is 12.1. The number of hydrogen-bond acceptors (Lipinski definition) is 8. The van der Waals surface area contributed by atoms with E-state index in [4.69, 9.17) is 4.52 Å². The van der Waals surface area contributed by atoms with Gasteiger partial charge in [-0.2, -0.15) is 4.98 Å². The largest absolute Gasteiger partial charge is 0.345 e. The van der Waals surface area contributed by atoms with Crippen LogP contribution in [0.3, 0.4) is 0 Å². The van der Waals surface area contributed by atoms with Crippen LogP contribution in [-0.2, 0) is 11.3 Å². The van der Waals surface area contributed by atoms with Crippen molar-refractivity contribution in [2.24, 2.45) is 0 Å². The van der Waals surface area contributed by atoms with E-state index < -0.39 is 6.04 Å². The quantitative estimate of drug-likeness (QED) is 0.701. The van der Waals surface area contributed by atoms with E-state index in [9.17, 15) is 4.79 Å². The van der Waals surface area contributed by atoms with Gasteiger partial charge >= 0.3 is 0 Å². The number of tetrazole rings is 1. The molecule has 0 saturated carbocycles. The molecule has 124 valence electrons. The summed E-state index contributed by atoms with van der Waals surface area (Å²) in [5.74, 6) is 1.21. The third-order valence-corrected chi connectivity index (χ3v) is 3.35. The third-order valence-electron chi connectivity index (χ3n) is 3.35. The standard InChI is InChI=1S/C14H16N8O2/c1-9(16-12(23)6-8-22-10(2)18-20-21-22)14-17-13(19-24-14)11-5-3-4-7-15-11/h3-5,7,9H,6,8H2,1-2H3,(H,16,23)/t9-/m1/s1. The molecule has 0 aliphatic rings. The maximum atomic E-state index is 12.0. The molecule has 0 radical (unpaired) electrons. The molecular weight excluding hydrogens is 312 g/mol. The van der Waals surface area contributed by atoms with E-state index in [1.807, 2.05) is 6.07 Å². The van der Waals surface area contributed by atoms with Gasteiger partial charge in [-0.3, -0.25) is 9.78 Å². The van der Waals surface area contributed by atoms with E-state index in [0.29, 0.717) is 29.8 Å². The average Bonchev–Trinajstić information content (AvgIpc) is 3.23. The molecule has 0 aliphatic heterocycles. The maximum absolute atomic E-state index is 12.0. The predicted molar refractivity (Wildman–Crippen MR) is 81.3 cm³/mol. The highest BCUT2D eigenvalue weighted by atomic mass is 16.5. The van der Waals surface area contributed by atoms with Gasteiger partial charge in [0.2, 0.25) is 17.6 Å². The van der Waals surface area contributed by atoms with Gasteiger partial charge in [0, 0.05) is 12.6 Å². The first-order valence-corrected chi connectivity index (χ1v) is 7.40. The van der Waals surface area contributed by atoms with Gasteiger partial charge < -0.3 is 9.84 Å². The first kappa shape index (κ1) is 15.7. The molecule has 1 atom stereocenters. The van der Waals surface area contributed by atoms with E-state index in [1.54, 1.807) is 36.9 Å². The van der Waals surface area contributed by atoms with E-state index in [0.717, 1.165) is 0 Å². The van der Waals surface area contributed by atoms with Crippen molar-refractivity contribution in [1.29, 1.82) is 0 Å². The minimum absolute atomic E-state index is 0.157. The second kappa shape index (κ2) is 6.94. The number of pyridine rings is 1. The molecule has 24 heavy (non-hydrogen) atoms. The van der Waals surface area contributed by atoms with Crippen molar-refractivity contribution in [3.05, 3.63) is 36.1 Å². The van der Waals surface area contributed by atoms with Gasteiger partial charge in [0.05, 0.1) is 6.54 Å². The molecule has 3 heterocycles. The summed E-state index contributed by atoms with van der Waals surface area (Å²) in [7, 11) is 0. The van der Waals surface area contributed by atoms with Crippen LogP contribution in [0, 0.1) is 6.92 Å². The molecule has 0 saturated heterocycles. The van der Waals surface area contributed by atoms with Crippen molar-refractivity contribution < 1.29 is 9.32 Å². The highest BCUT2D eigenvalue weighted by Crippen LogP contribution is 2.16. The van der Waals surface area contributed by atoms with Gasteiger partial charge in [-0.05, 0) is 36.4 Å². The highest BCUT2D eigenvalue weighted by molar-refractivity contribution is 5.76. The molecule has 10 nitrogen and oxygen atoms in total. The molecule has 0 aliphatic carbocycles. The average molecular weight is 328 g/mol. The van der Waals surface area contributed by atoms with Gasteiger partial charge in [0.1, 0.15) is 17.6 Å². The molecule has 3 aromatic heterocycles. The molecule has 0 spiro atoms. The number of aromatic nitrogens is 7. The molecule has 0 unspecified atom stereocenters. The summed E-state index contributed by atoms with van der Waals surface area (Å²) < 4.78 is 6.76. The van der Waals surface area contributed by atoms with Crippen LogP contribution < -0.4 is 5.32 Å². The number of carbonyl (C=O) groups is 1. The van der Waals surface area contributed by atoms with E-state index >= 15 is 0 Å². The van der Waals surface area contributed by atoms with Crippen molar-refractivity contribution >= 4 is 5.91 Å². The Morgan fingerprint density at radius 1 is 1.42 bits per heavy atom. The lowest BCUT2D eigenvalue weighted by molar-refractivity contribution is -0.122. The van der Waals surface area contributed by atoms with Crippen LogP contribution in [0.25, 0.3) is 11.5 Å². The number of nitrogens with one attached hydrogen (secondary N) is 1. The summed E-state index contributed by atoms with van der Waals surface area (Å²) in [6.45, 7) is 3.95. The fraction of sp³-hybridized carbons (Fsp3) is 0.357. The number of carbonyl (C=O) groups excluding carboxylic acids is 1. The zero-order chi connectivity index (χ0) is 16.9. The summed E-state index contributed by atoms with van der Waals surface area (Å²) >= 11 is 0. The van der Waals surface area contributed by atoms with Crippen LogP contribution in [0.1, 0.15) is 31.1 Å². The van der Waals surface area contributed by atoms with E-state index in [-0.39, 0.29) is 12.3 Å². The molecule has 10 heteroatoms. The molecule has 3 rings (SSSR count). The van der Waals surface area contributed by atoms with Crippen molar-refractivity contribution in [3.63, 3.8) is 0 Å². The Balaban J connectivity index is 1.57. The number of hydrogen-bond donors (Lipinski definition) is 1. The topological polar surface area (TPSA) is 125 Å². The fourth-order valence-electron chi connectivity index (χ4n) is 2.05. The predicted octanol–water partition coefficient (Wildman–Crippen LogP) is 0.694. The summed E-state index contributed by atoms with van der Waals surface area (Å²) in [6.07, 6.45) is 1.90. The first-order valence-electron chi connectivity index (χ1n) is 7.40. The van der Waals surface area contributed by atoms with Gasteiger partial charge in [0.15, 0.2) is 0 Å². The van der Waals surface area contributed by atoms with Crippen molar-refractivity contribution in [2.45, 2.75) is 32.9 Å². The minimum Gasteiger partial charge on any atom is -0.345 e. The zero-order valence-electron chi connectivity index (χ0n) is 13.2. The molecule has 0 bridgehead atoms. The molecule has 1 N–H and O–H groups in total. The monoisotopic (exact) mass is 328 g/mol. The lowest BCUT2D eigenvalue weighted by atomic mass is 10.3. The van der Waals surface area contributed by atoms with Crippen LogP contribution in [0.15, 0.2) is 28.9 Å². The second-order valence-corrected chi connectivity index (χ2v) is 5.16. The molecule has 0 fully saturated rings. The summed E-state index contributed by atoms with van der Waals surface area (Å²) in [6, 6.07) is 5.02. The zero-order valence-corrected chi connectivity index (χ0v) is 13.2. The van der Waals surface area contributed by atoms with E-state index in [2.05, 4.69) is 36.0 Å². The van der Waals surface area contributed by atoms with Crippen molar-refractivity contribution in [1.82, 2.24) is 40.6 Å². The number of amides is 1. The van der Waals surface area contributed by atoms with Crippen LogP contribution in [0.2, 0.25) is 0 Å². The summed E-state index contributed by atoms with van der Waals surface area (Å²) in [4.78, 5) is 20.4. The Kier molecular flexibility index (Phi) is 4.54. The Morgan fingerprint density at radius 3 is 3.00 bits per heavy atom. The van der Waals surface area contributed by atoms with Crippen molar-refractivity contribution in [2.75, 3.05) is 0 Å². The number of nitrogens with zero attached hydrogens (tertiary/aromatic N) is 7. The Hall–Kier alpha value is -3.17. The lowest BCUT2D eigenvalue weighted by Gasteiger charge is -2.09. The van der Waals surface area contributed by atoms with Gasteiger partial charge in [0.25, 0.3) is 0 Å². The Bertz CT molecular complexity index is 813. The SMILES string of the molecule is Cc1nnnn1CCC(=O)N[C@H](C)c1nc(-c2ccccn2)no1. The molecule has 1 amide bonds. The van der Waals surface area contributed by atoms with Crippen LogP contribution in [0.4, 0.5) is 0 Å². The highest BCUT2D eigenvalue weighted by Gasteiger charge is 2.18. The second-order valence-electron chi connectivity index (χ2n) is 5.16. The van der Waals surface area contributed by atoms with Gasteiger partial charge in [-0.15, -0.1) is 5.10 Å². The number of rotatable bonds is 6. The van der Waals surface area contributed by atoms with Gasteiger partial charge in [-0.1, -0.05) is 11.2 Å². The third kappa shape index (κ3) is 3.59. The van der Waals surface area contributed by atoms with E-state index in [1.165, 1.54) is 0 Å². The van der Waals surface area contributed by atoms with Crippen LogP contribution in [0.5, 0.6) is 0 Å². The Morgan fingerprint density at radius 2 is 2.29 bits per heavy atom. The molecular formula is C14H16N8O2.